The van der Waals surface area contributed by atoms with Crippen LogP contribution in [0.2, 0.25) is 0 Å². The van der Waals surface area contributed by atoms with Crippen LogP contribution in [-0.2, 0) is 0 Å². The fraction of sp³-hybridized carbons (Fsp3) is 0.600. The van der Waals surface area contributed by atoms with Crippen molar-refractivity contribution in [1.82, 2.24) is 20.5 Å². The number of nitrogens with one attached hydrogen (secondary N) is 2. The summed E-state index contributed by atoms with van der Waals surface area (Å²) in [7, 11) is 1.96. The van der Waals surface area contributed by atoms with E-state index in [1.807, 2.05) is 7.05 Å². The predicted octanol–water partition coefficient (Wildman–Crippen LogP) is 1.57. The van der Waals surface area contributed by atoms with Crippen LogP contribution >= 0.6 is 0 Å². The van der Waals surface area contributed by atoms with E-state index < -0.39 is 0 Å². The van der Waals surface area contributed by atoms with Gasteiger partial charge in [0.25, 0.3) is 0 Å². The molecule has 0 radical (unpaired) electrons. The van der Waals surface area contributed by atoms with Crippen LogP contribution in [0.5, 0.6) is 0 Å². The van der Waals surface area contributed by atoms with E-state index in [1.54, 1.807) is 6.33 Å². The summed E-state index contributed by atoms with van der Waals surface area (Å²) in [6.07, 6.45) is 8.86. The van der Waals surface area contributed by atoms with E-state index in [0.29, 0.717) is 0 Å². The molecule has 0 amide bonds. The Morgan fingerprint density at radius 2 is 2.43 bits per heavy atom. The van der Waals surface area contributed by atoms with Gasteiger partial charge in [0.15, 0.2) is 0 Å². The first kappa shape index (κ1) is 9.40. The normalized spacial score (nSPS) is 19.1. The van der Waals surface area contributed by atoms with E-state index >= 15 is 0 Å². The molecule has 2 rings (SSSR count). The van der Waals surface area contributed by atoms with Gasteiger partial charge >= 0.3 is 0 Å². The van der Waals surface area contributed by atoms with Gasteiger partial charge in [-0.1, -0.05) is 6.08 Å². The smallest absolute Gasteiger partial charge is 0.145 e. The van der Waals surface area contributed by atoms with Crippen LogP contribution in [0.1, 0.15) is 37.5 Å². The van der Waals surface area contributed by atoms with E-state index in [-0.39, 0.29) is 6.04 Å². The lowest BCUT2D eigenvalue weighted by atomic mass is 9.93. The molecule has 1 atom stereocenters. The van der Waals surface area contributed by atoms with Gasteiger partial charge in [-0.25, -0.2) is 4.98 Å². The Balaban J connectivity index is 2.16. The van der Waals surface area contributed by atoms with Crippen molar-refractivity contribution in [2.45, 2.75) is 31.7 Å². The second-order valence-corrected chi connectivity index (χ2v) is 3.62. The van der Waals surface area contributed by atoms with Gasteiger partial charge in [-0.2, -0.15) is 5.10 Å². The molecule has 1 heterocycles. The number of rotatable bonds is 3. The Bertz CT molecular complexity index is 302. The molecular formula is C10H16N4. The summed E-state index contributed by atoms with van der Waals surface area (Å²) < 4.78 is 0. The third kappa shape index (κ3) is 1.85. The first-order valence-electron chi connectivity index (χ1n) is 5.13. The van der Waals surface area contributed by atoms with Gasteiger partial charge in [-0.05, 0) is 38.3 Å². The minimum Gasteiger partial charge on any atom is -0.307 e. The third-order valence-electron chi connectivity index (χ3n) is 2.69. The molecule has 1 unspecified atom stereocenters. The molecule has 0 aromatic carbocycles. The second kappa shape index (κ2) is 4.37. The van der Waals surface area contributed by atoms with Crippen LogP contribution in [-0.4, -0.2) is 22.2 Å². The van der Waals surface area contributed by atoms with Crippen LogP contribution < -0.4 is 5.32 Å². The second-order valence-electron chi connectivity index (χ2n) is 3.62. The number of hydrogen-bond acceptors (Lipinski definition) is 3. The highest BCUT2D eigenvalue weighted by atomic mass is 15.2. The van der Waals surface area contributed by atoms with Crippen molar-refractivity contribution >= 4 is 0 Å². The van der Waals surface area contributed by atoms with Gasteiger partial charge in [0.1, 0.15) is 12.2 Å². The molecule has 4 heteroatoms. The lowest BCUT2D eigenvalue weighted by Gasteiger charge is -2.20. The van der Waals surface area contributed by atoms with E-state index in [4.69, 9.17) is 0 Å². The maximum absolute atomic E-state index is 4.19. The Morgan fingerprint density at radius 1 is 1.50 bits per heavy atom. The molecule has 0 bridgehead atoms. The summed E-state index contributed by atoms with van der Waals surface area (Å²) in [6.45, 7) is 0. The van der Waals surface area contributed by atoms with E-state index in [9.17, 15) is 0 Å². The Hall–Kier alpha value is -1.16. The standard InChI is InChI=1S/C10H16N4/c1-11-9(10-12-7-13-14-10)8-5-3-2-4-6-8/h5,7,9,11H,2-4,6H2,1H3,(H,12,13,14). The zero-order chi connectivity index (χ0) is 9.80. The van der Waals surface area contributed by atoms with Crippen molar-refractivity contribution in [2.75, 3.05) is 7.05 Å². The van der Waals surface area contributed by atoms with Crippen molar-refractivity contribution in [3.05, 3.63) is 23.8 Å². The quantitative estimate of drug-likeness (QED) is 0.715. The number of aromatic amines is 1. The van der Waals surface area contributed by atoms with Crippen molar-refractivity contribution in [3.8, 4) is 0 Å². The molecule has 1 aliphatic carbocycles. The molecule has 76 valence electrons. The van der Waals surface area contributed by atoms with Gasteiger partial charge in [-0.15, -0.1) is 0 Å². The number of aromatic nitrogens is 3. The zero-order valence-corrected chi connectivity index (χ0v) is 8.45. The molecule has 0 aliphatic heterocycles. The molecule has 1 aliphatic rings. The maximum Gasteiger partial charge on any atom is 0.145 e. The lowest BCUT2D eigenvalue weighted by Crippen LogP contribution is -2.21. The van der Waals surface area contributed by atoms with Gasteiger partial charge in [0.05, 0.1) is 6.04 Å². The SMILES string of the molecule is CNC(C1=CCCCC1)c1ncn[nH]1. The molecule has 14 heavy (non-hydrogen) atoms. The van der Waals surface area contributed by atoms with Gasteiger partial charge in [-0.3, -0.25) is 5.10 Å². The molecule has 0 saturated carbocycles. The van der Waals surface area contributed by atoms with Crippen LogP contribution in [0.25, 0.3) is 0 Å². The van der Waals surface area contributed by atoms with Gasteiger partial charge < -0.3 is 5.32 Å². The summed E-state index contributed by atoms with van der Waals surface area (Å²) in [6, 6.07) is 0.220. The molecule has 0 saturated heterocycles. The van der Waals surface area contributed by atoms with Gasteiger partial charge in [0.2, 0.25) is 0 Å². The van der Waals surface area contributed by atoms with Crippen molar-refractivity contribution < 1.29 is 0 Å². The molecule has 1 aromatic rings. The number of hydrogen-bond donors (Lipinski definition) is 2. The highest BCUT2D eigenvalue weighted by molar-refractivity contribution is 5.18. The van der Waals surface area contributed by atoms with Crippen LogP contribution in [0, 0.1) is 0 Å². The number of H-pyrrole nitrogens is 1. The van der Waals surface area contributed by atoms with Crippen LogP contribution in [0.4, 0.5) is 0 Å². The Labute approximate surface area is 83.8 Å². The molecule has 1 aromatic heterocycles. The maximum atomic E-state index is 4.19. The number of allylic oxidation sites excluding steroid dienone is 1. The molecular weight excluding hydrogens is 176 g/mol. The van der Waals surface area contributed by atoms with E-state index in [1.165, 1.54) is 31.3 Å². The Kier molecular flexibility index (Phi) is 2.93. The summed E-state index contributed by atoms with van der Waals surface area (Å²) in [5, 5.41) is 10.1. The molecule has 2 N–H and O–H groups in total. The highest BCUT2D eigenvalue weighted by Crippen LogP contribution is 2.27. The number of nitrogens with zero attached hydrogens (tertiary/aromatic N) is 2. The van der Waals surface area contributed by atoms with Crippen LogP contribution in [0.15, 0.2) is 18.0 Å². The highest BCUT2D eigenvalue weighted by Gasteiger charge is 2.18. The largest absolute Gasteiger partial charge is 0.307 e. The fourth-order valence-electron chi connectivity index (χ4n) is 1.98. The molecule has 4 nitrogen and oxygen atoms in total. The summed E-state index contributed by atoms with van der Waals surface area (Å²) >= 11 is 0. The Morgan fingerprint density at radius 3 is 3.00 bits per heavy atom. The van der Waals surface area contributed by atoms with Crippen molar-refractivity contribution in [1.29, 1.82) is 0 Å². The summed E-state index contributed by atoms with van der Waals surface area (Å²) in [5.41, 5.74) is 1.44. The van der Waals surface area contributed by atoms with Crippen molar-refractivity contribution in [3.63, 3.8) is 0 Å². The third-order valence-corrected chi connectivity index (χ3v) is 2.69. The minimum atomic E-state index is 0.220. The first-order chi connectivity index (χ1) is 6.92. The van der Waals surface area contributed by atoms with Crippen LogP contribution in [0.3, 0.4) is 0 Å². The van der Waals surface area contributed by atoms with E-state index in [2.05, 4.69) is 26.6 Å². The van der Waals surface area contributed by atoms with Gasteiger partial charge in [0, 0.05) is 0 Å². The average molecular weight is 192 g/mol. The minimum absolute atomic E-state index is 0.220. The predicted molar refractivity (Wildman–Crippen MR) is 54.7 cm³/mol. The zero-order valence-electron chi connectivity index (χ0n) is 8.45. The fourth-order valence-corrected chi connectivity index (χ4v) is 1.98. The molecule has 0 spiro atoms. The summed E-state index contributed by atoms with van der Waals surface area (Å²) in [4.78, 5) is 4.19. The summed E-state index contributed by atoms with van der Waals surface area (Å²) in [5.74, 6) is 0.917. The topological polar surface area (TPSA) is 53.6 Å². The first-order valence-corrected chi connectivity index (χ1v) is 5.13. The monoisotopic (exact) mass is 192 g/mol. The number of likely N-dealkylation sites (N-methyl/N-ethyl adjacent to an activating group) is 1. The van der Waals surface area contributed by atoms with Crippen molar-refractivity contribution in [2.24, 2.45) is 0 Å². The average Bonchev–Trinajstić information content (AvgIpc) is 2.74. The van der Waals surface area contributed by atoms with E-state index in [0.717, 1.165) is 5.82 Å². The molecule has 0 fully saturated rings. The lowest BCUT2D eigenvalue weighted by molar-refractivity contribution is 0.572.